The van der Waals surface area contributed by atoms with Crippen molar-refractivity contribution in [3.63, 3.8) is 0 Å². The molecule has 2 aromatic rings. The van der Waals surface area contributed by atoms with Crippen LogP contribution in [0.2, 0.25) is 0 Å². The van der Waals surface area contributed by atoms with Gasteiger partial charge in [-0.05, 0) is 18.6 Å². The summed E-state index contributed by atoms with van der Waals surface area (Å²) in [5.74, 6) is -1.08. The van der Waals surface area contributed by atoms with E-state index in [9.17, 15) is 4.79 Å². The summed E-state index contributed by atoms with van der Waals surface area (Å²) >= 11 is 1.55. The minimum Gasteiger partial charge on any atom is -0.481 e. The molecule has 0 fully saturated rings. The van der Waals surface area contributed by atoms with Gasteiger partial charge in [-0.3, -0.25) is 9.78 Å². The highest BCUT2D eigenvalue weighted by molar-refractivity contribution is 7.09. The van der Waals surface area contributed by atoms with Gasteiger partial charge in [0.05, 0.1) is 22.3 Å². The normalized spacial score (nSPS) is 12.3. The molecule has 0 saturated heterocycles. The van der Waals surface area contributed by atoms with Gasteiger partial charge in [0.15, 0.2) is 0 Å². The molecule has 0 amide bonds. The first-order chi connectivity index (χ1) is 8.66. The molecule has 2 rings (SSSR count). The van der Waals surface area contributed by atoms with Crippen LogP contribution < -0.4 is 0 Å². The summed E-state index contributed by atoms with van der Waals surface area (Å²) in [5, 5.41) is 11.7. The van der Waals surface area contributed by atoms with Crippen LogP contribution in [0.25, 0.3) is 11.4 Å². The summed E-state index contributed by atoms with van der Waals surface area (Å²) in [5.41, 5.74) is 1.71. The number of carbonyl (C=O) groups is 1. The van der Waals surface area contributed by atoms with Gasteiger partial charge in [-0.1, -0.05) is 13.0 Å². The molecule has 0 aromatic carbocycles. The topological polar surface area (TPSA) is 63.1 Å². The number of aryl methyl sites for hydroxylation is 1. The first kappa shape index (κ1) is 12.7. The van der Waals surface area contributed by atoms with Crippen LogP contribution in [-0.4, -0.2) is 21.0 Å². The van der Waals surface area contributed by atoms with Gasteiger partial charge in [-0.25, -0.2) is 4.98 Å². The molecule has 0 bridgehead atoms. The summed E-state index contributed by atoms with van der Waals surface area (Å²) in [6.45, 7) is 1.72. The Hall–Kier alpha value is -1.75. The minimum absolute atomic E-state index is 0.327. The van der Waals surface area contributed by atoms with Crippen molar-refractivity contribution >= 4 is 17.3 Å². The third-order valence-corrected chi connectivity index (χ3v) is 3.60. The van der Waals surface area contributed by atoms with Gasteiger partial charge in [-0.2, -0.15) is 0 Å². The second-order valence-corrected chi connectivity index (χ2v) is 5.06. The Bertz CT molecular complexity index is 525. The van der Waals surface area contributed by atoms with Crippen LogP contribution in [0.5, 0.6) is 0 Å². The highest BCUT2D eigenvalue weighted by Gasteiger charge is 2.12. The molecule has 1 N–H and O–H groups in total. The van der Waals surface area contributed by atoms with E-state index >= 15 is 0 Å². The predicted octanol–water partition coefficient (Wildman–Crippen LogP) is 2.86. The summed E-state index contributed by atoms with van der Waals surface area (Å²) in [6, 6.07) is 5.71. The lowest BCUT2D eigenvalue weighted by molar-refractivity contribution is -0.141. The maximum Gasteiger partial charge on any atom is 0.306 e. The number of rotatable bonds is 5. The zero-order chi connectivity index (χ0) is 13.0. The molecule has 0 saturated carbocycles. The molecule has 18 heavy (non-hydrogen) atoms. The maximum atomic E-state index is 10.7. The molecule has 4 nitrogen and oxygen atoms in total. The third kappa shape index (κ3) is 3.13. The first-order valence-electron chi connectivity index (χ1n) is 5.75. The van der Waals surface area contributed by atoms with Crippen LogP contribution in [0.4, 0.5) is 0 Å². The van der Waals surface area contributed by atoms with E-state index in [2.05, 4.69) is 9.97 Å². The molecular weight excluding hydrogens is 248 g/mol. The van der Waals surface area contributed by atoms with Crippen molar-refractivity contribution in [3.8, 4) is 11.4 Å². The second kappa shape index (κ2) is 5.73. The Balaban J connectivity index is 2.01. The zero-order valence-corrected chi connectivity index (χ0v) is 10.9. The lowest BCUT2D eigenvalue weighted by Crippen LogP contribution is -2.10. The largest absolute Gasteiger partial charge is 0.481 e. The molecule has 2 aromatic heterocycles. The van der Waals surface area contributed by atoms with Gasteiger partial charge < -0.3 is 5.11 Å². The Morgan fingerprint density at radius 2 is 2.28 bits per heavy atom. The van der Waals surface area contributed by atoms with Crippen LogP contribution in [0.1, 0.15) is 18.4 Å². The highest BCUT2D eigenvalue weighted by Crippen LogP contribution is 2.21. The quantitative estimate of drug-likeness (QED) is 0.900. The van der Waals surface area contributed by atoms with Gasteiger partial charge >= 0.3 is 5.97 Å². The summed E-state index contributed by atoms with van der Waals surface area (Å²) in [4.78, 5) is 19.4. The van der Waals surface area contributed by atoms with E-state index in [0.29, 0.717) is 12.8 Å². The van der Waals surface area contributed by atoms with Gasteiger partial charge in [-0.15, -0.1) is 11.3 Å². The van der Waals surface area contributed by atoms with Gasteiger partial charge in [0, 0.05) is 18.0 Å². The van der Waals surface area contributed by atoms with Crippen LogP contribution in [-0.2, 0) is 11.2 Å². The van der Waals surface area contributed by atoms with E-state index in [1.807, 2.05) is 23.6 Å². The van der Waals surface area contributed by atoms with E-state index in [-0.39, 0.29) is 5.92 Å². The SMILES string of the molecule is CC(CCc1nc(-c2ccccn2)cs1)C(=O)O. The number of aliphatic carboxylic acids is 1. The monoisotopic (exact) mass is 262 g/mol. The molecule has 1 unspecified atom stereocenters. The maximum absolute atomic E-state index is 10.7. The fourth-order valence-corrected chi connectivity index (χ4v) is 2.33. The van der Waals surface area contributed by atoms with E-state index in [1.54, 1.807) is 24.5 Å². The second-order valence-electron chi connectivity index (χ2n) is 4.12. The Morgan fingerprint density at radius 1 is 1.44 bits per heavy atom. The van der Waals surface area contributed by atoms with Crippen molar-refractivity contribution in [2.24, 2.45) is 5.92 Å². The number of hydrogen-bond donors (Lipinski definition) is 1. The van der Waals surface area contributed by atoms with Crippen molar-refractivity contribution in [1.82, 2.24) is 9.97 Å². The molecule has 0 spiro atoms. The molecule has 0 aliphatic rings. The molecular formula is C13H14N2O2S. The zero-order valence-electron chi connectivity index (χ0n) is 10.0. The van der Waals surface area contributed by atoms with Crippen LogP contribution in [0, 0.1) is 5.92 Å². The van der Waals surface area contributed by atoms with Crippen LogP contribution in [0.15, 0.2) is 29.8 Å². The molecule has 0 radical (unpaired) electrons. The number of carboxylic acids is 1. The van der Waals surface area contributed by atoms with Crippen LogP contribution in [0.3, 0.4) is 0 Å². The van der Waals surface area contributed by atoms with Crippen molar-refractivity contribution in [3.05, 3.63) is 34.8 Å². The first-order valence-corrected chi connectivity index (χ1v) is 6.63. The van der Waals surface area contributed by atoms with E-state index < -0.39 is 5.97 Å². The fraction of sp³-hybridized carbons (Fsp3) is 0.308. The number of carboxylic acid groups (broad SMARTS) is 1. The smallest absolute Gasteiger partial charge is 0.306 e. The number of hydrogen-bond acceptors (Lipinski definition) is 4. The molecule has 0 aliphatic heterocycles. The highest BCUT2D eigenvalue weighted by atomic mass is 32.1. The molecule has 1 atom stereocenters. The lowest BCUT2D eigenvalue weighted by atomic mass is 10.1. The van der Waals surface area contributed by atoms with Crippen molar-refractivity contribution in [2.75, 3.05) is 0 Å². The van der Waals surface area contributed by atoms with Crippen LogP contribution >= 0.6 is 11.3 Å². The molecule has 2 heterocycles. The minimum atomic E-state index is -0.753. The van der Waals surface area contributed by atoms with E-state index in [4.69, 9.17) is 5.11 Å². The Labute approximate surface area is 109 Å². The summed E-state index contributed by atoms with van der Waals surface area (Å²) in [6.07, 6.45) is 3.05. The van der Waals surface area contributed by atoms with Gasteiger partial charge in [0.2, 0.25) is 0 Å². The van der Waals surface area contributed by atoms with E-state index in [0.717, 1.165) is 16.4 Å². The van der Waals surface area contributed by atoms with Gasteiger partial charge in [0.25, 0.3) is 0 Å². The standard InChI is InChI=1S/C13H14N2O2S/c1-9(13(16)17)5-6-12-15-11(8-18-12)10-4-2-3-7-14-10/h2-4,7-9H,5-6H2,1H3,(H,16,17). The average Bonchev–Trinajstić information content (AvgIpc) is 2.85. The van der Waals surface area contributed by atoms with Crippen molar-refractivity contribution < 1.29 is 9.90 Å². The number of aromatic nitrogens is 2. The number of thiazole rings is 1. The summed E-state index contributed by atoms with van der Waals surface area (Å²) in [7, 11) is 0. The fourth-order valence-electron chi connectivity index (χ4n) is 1.52. The third-order valence-electron chi connectivity index (χ3n) is 2.69. The lowest BCUT2D eigenvalue weighted by Gasteiger charge is -2.02. The van der Waals surface area contributed by atoms with E-state index in [1.165, 1.54) is 0 Å². The molecule has 0 aliphatic carbocycles. The predicted molar refractivity (Wildman–Crippen MR) is 70.5 cm³/mol. The molecule has 5 heteroatoms. The summed E-state index contributed by atoms with van der Waals surface area (Å²) < 4.78 is 0. The number of nitrogens with zero attached hydrogens (tertiary/aromatic N) is 2. The van der Waals surface area contributed by atoms with Crippen molar-refractivity contribution in [1.29, 1.82) is 0 Å². The Morgan fingerprint density at radius 3 is 2.94 bits per heavy atom. The molecule has 94 valence electrons. The number of pyridine rings is 1. The Kier molecular flexibility index (Phi) is 4.04. The average molecular weight is 262 g/mol. The van der Waals surface area contributed by atoms with Gasteiger partial charge in [0.1, 0.15) is 0 Å². The van der Waals surface area contributed by atoms with Crippen molar-refractivity contribution in [2.45, 2.75) is 19.8 Å².